The molecule has 1 N–H and O–H groups in total. The second-order valence-electron chi connectivity index (χ2n) is 4.18. The zero-order valence-electron chi connectivity index (χ0n) is 12.3. The van der Waals surface area contributed by atoms with Crippen LogP contribution in [0.2, 0.25) is 0 Å². The zero-order chi connectivity index (χ0) is 18.0. The lowest BCUT2D eigenvalue weighted by Crippen LogP contribution is -2.21. The summed E-state index contributed by atoms with van der Waals surface area (Å²) in [5.41, 5.74) is 0. The van der Waals surface area contributed by atoms with Crippen molar-refractivity contribution in [3.8, 4) is 0 Å². The van der Waals surface area contributed by atoms with Crippen molar-refractivity contribution >= 4 is 44.1 Å². The number of hydrogen-bond donors (Lipinski definition) is 1. The van der Waals surface area contributed by atoms with E-state index in [4.69, 9.17) is 13.9 Å². The molecule has 0 aliphatic carbocycles. The van der Waals surface area contributed by atoms with Gasteiger partial charge < -0.3 is 5.11 Å². The number of carbonyl (C=O) groups is 2. The summed E-state index contributed by atoms with van der Waals surface area (Å²) in [5.74, 6) is -3.50. The van der Waals surface area contributed by atoms with Gasteiger partial charge in [0.15, 0.2) is 21.8 Å². The molecular weight excluding hydrogens is 392 g/mol. The summed E-state index contributed by atoms with van der Waals surface area (Å²) in [5, 5.41) is 8.68. The summed E-state index contributed by atoms with van der Waals surface area (Å²) in [6.45, 7) is 2.22. The maximum atomic E-state index is 12.4. The Bertz CT molecular complexity index is 532. The van der Waals surface area contributed by atoms with Crippen LogP contribution in [-0.2, 0) is 41.2 Å². The summed E-state index contributed by atoms with van der Waals surface area (Å²) in [6.07, 6.45) is -1.88. The third-order valence-electron chi connectivity index (χ3n) is 2.25. The van der Waals surface area contributed by atoms with E-state index in [9.17, 15) is 27.8 Å². The predicted molar refractivity (Wildman–Crippen MR) is 80.6 cm³/mol. The van der Waals surface area contributed by atoms with Crippen molar-refractivity contribution in [1.29, 1.82) is 0 Å². The highest BCUT2D eigenvalue weighted by atomic mass is 31.2. The molecule has 0 amide bonds. The first-order valence-electron chi connectivity index (χ1n) is 6.07. The molecule has 0 radical (unpaired) electrons. The van der Waals surface area contributed by atoms with Gasteiger partial charge in [0.2, 0.25) is 0 Å². The van der Waals surface area contributed by atoms with E-state index in [0.29, 0.717) is 0 Å². The summed E-state index contributed by atoms with van der Waals surface area (Å²) in [7, 11) is -9.25. The van der Waals surface area contributed by atoms with Gasteiger partial charge in [0.1, 0.15) is 6.35 Å². The van der Waals surface area contributed by atoms with Crippen molar-refractivity contribution in [2.24, 2.45) is 5.92 Å². The molecule has 23 heavy (non-hydrogen) atoms. The third kappa shape index (κ3) is 10.7. The van der Waals surface area contributed by atoms with E-state index >= 15 is 0 Å². The third-order valence-corrected chi connectivity index (χ3v) is 6.45. The molecule has 0 fully saturated rings. The van der Waals surface area contributed by atoms with E-state index in [1.165, 1.54) is 0 Å². The van der Waals surface area contributed by atoms with Gasteiger partial charge in [-0.3, -0.25) is 18.4 Å². The molecule has 4 atom stereocenters. The SMILES string of the molecule is C[P+](=O)OC(=O)C(CCC(=O)O)CP(=O)(OCP=O)O[P+](C)=O. The van der Waals surface area contributed by atoms with E-state index in [2.05, 4.69) is 4.52 Å². The van der Waals surface area contributed by atoms with E-state index in [-0.39, 0.29) is 6.42 Å². The molecule has 14 heteroatoms. The van der Waals surface area contributed by atoms with Gasteiger partial charge in [-0.25, -0.2) is 9.32 Å². The molecule has 0 aromatic heterocycles. The minimum atomic E-state index is -4.08. The Morgan fingerprint density at radius 1 is 1.26 bits per heavy atom. The van der Waals surface area contributed by atoms with E-state index in [1.54, 1.807) is 0 Å². The fourth-order valence-corrected chi connectivity index (χ4v) is 5.58. The van der Waals surface area contributed by atoms with Crippen LogP contribution >= 0.6 is 32.1 Å². The lowest BCUT2D eigenvalue weighted by molar-refractivity contribution is -0.139. The Morgan fingerprint density at radius 2 is 1.87 bits per heavy atom. The molecule has 0 aliphatic heterocycles. The van der Waals surface area contributed by atoms with E-state index in [0.717, 1.165) is 13.3 Å². The normalized spacial score (nSPS) is 16.3. The fourth-order valence-electron chi connectivity index (χ4n) is 1.45. The van der Waals surface area contributed by atoms with Crippen LogP contribution in [0.3, 0.4) is 0 Å². The molecule has 0 rings (SSSR count). The molecule has 0 aromatic carbocycles. The highest BCUT2D eigenvalue weighted by Gasteiger charge is 2.41. The monoisotopic (exact) mass is 408 g/mol. The van der Waals surface area contributed by atoms with Crippen LogP contribution in [0.4, 0.5) is 0 Å². The number of rotatable bonds is 12. The average molecular weight is 408 g/mol. The maximum absolute atomic E-state index is 12.4. The standard InChI is InChI=1S/C9H15O10P4/c1-21(14)18-9(12)7(3-4-8(10)11)5-23(16,17-6-20-13)19-22(2)15/h7H,3-6H2,1-2H3/q+1/p+1. The number of carboxylic acids is 1. The van der Waals surface area contributed by atoms with Crippen molar-refractivity contribution in [3.63, 3.8) is 0 Å². The molecule has 0 saturated carbocycles. The van der Waals surface area contributed by atoms with Crippen LogP contribution in [-0.4, -0.2) is 42.9 Å². The quantitative estimate of drug-likeness (QED) is 0.477. The van der Waals surface area contributed by atoms with Crippen molar-refractivity contribution in [1.82, 2.24) is 0 Å². The van der Waals surface area contributed by atoms with Gasteiger partial charge in [-0.1, -0.05) is 4.31 Å². The van der Waals surface area contributed by atoms with Crippen LogP contribution in [0.5, 0.6) is 0 Å². The van der Waals surface area contributed by atoms with Crippen LogP contribution in [0.1, 0.15) is 12.8 Å². The minimum Gasteiger partial charge on any atom is -0.481 e. The number of carbonyl (C=O) groups excluding carboxylic acids is 1. The van der Waals surface area contributed by atoms with Gasteiger partial charge in [0, 0.05) is 6.42 Å². The van der Waals surface area contributed by atoms with Crippen molar-refractivity contribution in [2.75, 3.05) is 25.8 Å². The van der Waals surface area contributed by atoms with E-state index in [1.807, 2.05) is 0 Å². The smallest absolute Gasteiger partial charge is 0.481 e. The largest absolute Gasteiger partial charge is 0.555 e. The van der Waals surface area contributed by atoms with Gasteiger partial charge in [-0.05, 0) is 15.6 Å². The Balaban J connectivity index is 5.22. The number of hydrogen-bond acceptors (Lipinski definition) is 9. The molecule has 0 aliphatic rings. The van der Waals surface area contributed by atoms with E-state index < -0.39 is 68.9 Å². The predicted octanol–water partition coefficient (Wildman–Crippen LogP) is 3.23. The second kappa shape index (κ2) is 11.0. The number of carboxylic acid groups (broad SMARTS) is 1. The summed E-state index contributed by atoms with van der Waals surface area (Å²) in [6, 6.07) is 0. The molecule has 0 aromatic rings. The average Bonchev–Trinajstić information content (AvgIpc) is 2.39. The lowest BCUT2D eigenvalue weighted by Gasteiger charge is -2.15. The van der Waals surface area contributed by atoms with Gasteiger partial charge in [0.05, 0.1) is 12.1 Å². The van der Waals surface area contributed by atoms with Crippen LogP contribution < -0.4 is 0 Å². The highest BCUT2D eigenvalue weighted by Crippen LogP contribution is 2.56. The second-order valence-corrected chi connectivity index (χ2v) is 9.14. The molecule has 130 valence electrons. The van der Waals surface area contributed by atoms with Crippen LogP contribution in [0.15, 0.2) is 0 Å². The first-order valence-corrected chi connectivity index (χ1v) is 12.0. The Hall–Kier alpha value is -0.610. The Labute approximate surface area is 135 Å². The molecule has 10 nitrogen and oxygen atoms in total. The topological polar surface area (TPSA) is 150 Å². The lowest BCUT2D eigenvalue weighted by atomic mass is 10.1. The molecule has 4 unspecified atom stereocenters. The fraction of sp³-hybridized carbons (Fsp3) is 0.778. The molecular formula is C9H16O10P4+2. The summed E-state index contributed by atoms with van der Waals surface area (Å²) in [4.78, 5) is 22.5. The Kier molecular flexibility index (Phi) is 10.7. The zero-order valence-corrected chi connectivity index (χ0v) is 15.9. The highest BCUT2D eigenvalue weighted by molar-refractivity contribution is 7.61. The van der Waals surface area contributed by atoms with Gasteiger partial charge in [-0.2, -0.15) is 0 Å². The molecule has 0 bridgehead atoms. The first kappa shape index (κ1) is 22.4. The van der Waals surface area contributed by atoms with Gasteiger partial charge in [0.25, 0.3) is 0 Å². The molecule has 0 saturated heterocycles. The maximum Gasteiger partial charge on any atom is 0.555 e. The number of aliphatic carboxylic acids is 1. The molecule has 0 heterocycles. The summed E-state index contributed by atoms with van der Waals surface area (Å²) < 4.78 is 59.0. The van der Waals surface area contributed by atoms with Gasteiger partial charge >= 0.3 is 35.6 Å². The summed E-state index contributed by atoms with van der Waals surface area (Å²) >= 11 is 0. The van der Waals surface area contributed by atoms with Crippen molar-refractivity contribution in [3.05, 3.63) is 0 Å². The molecule has 0 spiro atoms. The van der Waals surface area contributed by atoms with Crippen molar-refractivity contribution in [2.45, 2.75) is 12.8 Å². The van der Waals surface area contributed by atoms with Crippen molar-refractivity contribution < 1.29 is 46.3 Å². The van der Waals surface area contributed by atoms with Crippen LogP contribution in [0.25, 0.3) is 0 Å². The van der Waals surface area contributed by atoms with Gasteiger partial charge in [-0.15, -0.1) is 0 Å². The first-order chi connectivity index (χ1) is 10.6. The minimum absolute atomic E-state index is 0.274. The van der Waals surface area contributed by atoms with Crippen LogP contribution in [0, 0.1) is 5.92 Å². The Morgan fingerprint density at radius 3 is 2.30 bits per heavy atom.